The Bertz CT molecular complexity index is 725. The molecule has 1 heterocycles. The minimum atomic E-state index is -0.215. The molecular formula is C20H22N2O3. The number of ether oxygens (including phenoxy) is 1. The molecule has 130 valence electrons. The number of nitrogens with one attached hydrogen (secondary N) is 1. The van der Waals surface area contributed by atoms with Crippen molar-refractivity contribution in [2.45, 2.75) is 6.54 Å². The van der Waals surface area contributed by atoms with Gasteiger partial charge in [0.05, 0.1) is 19.8 Å². The van der Waals surface area contributed by atoms with Crippen molar-refractivity contribution in [2.24, 2.45) is 0 Å². The van der Waals surface area contributed by atoms with Gasteiger partial charge in [-0.15, -0.1) is 0 Å². The molecular weight excluding hydrogens is 316 g/mol. The fraction of sp³-hybridized carbons (Fsp3) is 0.300. The van der Waals surface area contributed by atoms with Crippen LogP contribution in [0.3, 0.4) is 0 Å². The Kier molecular flexibility index (Phi) is 5.93. The van der Waals surface area contributed by atoms with Crippen LogP contribution in [0.1, 0.15) is 26.3 Å². The first-order chi connectivity index (χ1) is 12.2. The number of hydrogen-bond acceptors (Lipinski definition) is 4. The van der Waals surface area contributed by atoms with Gasteiger partial charge in [-0.25, -0.2) is 0 Å². The fourth-order valence-corrected chi connectivity index (χ4v) is 2.86. The van der Waals surface area contributed by atoms with E-state index >= 15 is 0 Å². The van der Waals surface area contributed by atoms with E-state index < -0.39 is 0 Å². The van der Waals surface area contributed by atoms with E-state index in [1.54, 1.807) is 18.2 Å². The second-order valence-electron chi connectivity index (χ2n) is 6.02. The van der Waals surface area contributed by atoms with Crippen LogP contribution in [0.4, 0.5) is 0 Å². The number of ketones is 1. The summed E-state index contributed by atoms with van der Waals surface area (Å²) in [5.41, 5.74) is 2.19. The molecule has 0 atom stereocenters. The van der Waals surface area contributed by atoms with Gasteiger partial charge in [-0.3, -0.25) is 14.5 Å². The first kappa shape index (κ1) is 17.3. The second kappa shape index (κ2) is 8.55. The number of carbonyl (C=O) groups is 2. The van der Waals surface area contributed by atoms with Crippen LogP contribution in [-0.4, -0.2) is 49.4 Å². The molecule has 1 saturated heterocycles. The molecule has 0 aromatic heterocycles. The molecule has 0 bridgehead atoms. The Hall–Kier alpha value is -2.50. The van der Waals surface area contributed by atoms with E-state index in [1.165, 1.54) is 0 Å². The molecule has 0 unspecified atom stereocenters. The first-order valence-electron chi connectivity index (χ1n) is 8.48. The van der Waals surface area contributed by atoms with Gasteiger partial charge in [0.15, 0.2) is 5.78 Å². The molecule has 0 radical (unpaired) electrons. The normalized spacial score (nSPS) is 14.9. The molecule has 5 heteroatoms. The summed E-state index contributed by atoms with van der Waals surface area (Å²) in [6.07, 6.45) is 0. The van der Waals surface area contributed by atoms with Gasteiger partial charge in [0.2, 0.25) is 0 Å². The summed E-state index contributed by atoms with van der Waals surface area (Å²) in [7, 11) is 0. The van der Waals surface area contributed by atoms with Crippen LogP contribution in [-0.2, 0) is 11.3 Å². The van der Waals surface area contributed by atoms with Gasteiger partial charge < -0.3 is 10.1 Å². The van der Waals surface area contributed by atoms with Crippen LogP contribution < -0.4 is 5.32 Å². The number of carbonyl (C=O) groups excluding carboxylic acids is 2. The molecule has 3 rings (SSSR count). The Labute approximate surface area is 147 Å². The largest absolute Gasteiger partial charge is 0.379 e. The number of rotatable bonds is 6. The van der Waals surface area contributed by atoms with E-state index in [2.05, 4.69) is 10.2 Å². The summed E-state index contributed by atoms with van der Waals surface area (Å²) in [5.74, 6) is -0.312. The Balaban J connectivity index is 1.62. The topological polar surface area (TPSA) is 58.6 Å². The molecule has 2 aromatic carbocycles. The predicted octanol–water partition coefficient (Wildman–Crippen LogP) is 2.13. The van der Waals surface area contributed by atoms with Crippen molar-refractivity contribution in [1.82, 2.24) is 10.2 Å². The van der Waals surface area contributed by atoms with E-state index in [4.69, 9.17) is 4.74 Å². The zero-order valence-corrected chi connectivity index (χ0v) is 14.1. The van der Waals surface area contributed by atoms with Crippen LogP contribution in [0.2, 0.25) is 0 Å². The summed E-state index contributed by atoms with van der Waals surface area (Å²) < 4.78 is 5.36. The summed E-state index contributed by atoms with van der Waals surface area (Å²) in [6, 6.07) is 16.5. The van der Waals surface area contributed by atoms with E-state index in [-0.39, 0.29) is 18.2 Å². The average molecular weight is 338 g/mol. The SMILES string of the molecule is O=C(CNC(=O)c1ccccc1CN1CCOCC1)c1ccccc1. The van der Waals surface area contributed by atoms with Gasteiger partial charge in [-0.1, -0.05) is 48.5 Å². The quantitative estimate of drug-likeness (QED) is 0.820. The van der Waals surface area contributed by atoms with Crippen LogP contribution >= 0.6 is 0 Å². The lowest BCUT2D eigenvalue weighted by Crippen LogP contribution is -2.36. The molecule has 0 aliphatic carbocycles. The van der Waals surface area contributed by atoms with Crippen LogP contribution in [0, 0.1) is 0 Å². The molecule has 1 amide bonds. The maximum Gasteiger partial charge on any atom is 0.251 e. The van der Waals surface area contributed by atoms with Crippen molar-refractivity contribution in [3.05, 3.63) is 71.3 Å². The van der Waals surface area contributed by atoms with Gasteiger partial charge in [0.1, 0.15) is 0 Å². The zero-order valence-electron chi connectivity index (χ0n) is 14.1. The summed E-state index contributed by atoms with van der Waals surface area (Å²) in [5, 5.41) is 2.74. The molecule has 1 aliphatic rings. The second-order valence-corrected chi connectivity index (χ2v) is 6.02. The third-order valence-corrected chi connectivity index (χ3v) is 4.26. The monoisotopic (exact) mass is 338 g/mol. The number of hydrogen-bond donors (Lipinski definition) is 1. The van der Waals surface area contributed by atoms with Gasteiger partial charge in [-0.2, -0.15) is 0 Å². The van der Waals surface area contributed by atoms with E-state index in [9.17, 15) is 9.59 Å². The molecule has 1 aliphatic heterocycles. The Morgan fingerprint density at radius 2 is 1.64 bits per heavy atom. The number of benzene rings is 2. The zero-order chi connectivity index (χ0) is 17.5. The Morgan fingerprint density at radius 3 is 2.40 bits per heavy atom. The Morgan fingerprint density at radius 1 is 0.960 bits per heavy atom. The maximum atomic E-state index is 12.5. The fourth-order valence-electron chi connectivity index (χ4n) is 2.86. The van der Waals surface area contributed by atoms with E-state index in [0.717, 1.165) is 31.9 Å². The van der Waals surface area contributed by atoms with Crippen molar-refractivity contribution in [3.63, 3.8) is 0 Å². The minimum Gasteiger partial charge on any atom is -0.379 e. The third-order valence-electron chi connectivity index (χ3n) is 4.26. The smallest absolute Gasteiger partial charge is 0.251 e. The molecule has 2 aromatic rings. The standard InChI is InChI=1S/C20H22N2O3/c23-19(16-6-2-1-3-7-16)14-21-20(24)18-9-5-4-8-17(18)15-22-10-12-25-13-11-22/h1-9H,10-15H2,(H,21,24). The van der Waals surface area contributed by atoms with Crippen molar-refractivity contribution in [3.8, 4) is 0 Å². The highest BCUT2D eigenvalue weighted by molar-refractivity contribution is 6.02. The molecule has 1 fully saturated rings. The number of Topliss-reactive ketones (excluding diaryl/α,β-unsaturated/α-hetero) is 1. The van der Waals surface area contributed by atoms with Crippen LogP contribution in [0.5, 0.6) is 0 Å². The molecule has 0 spiro atoms. The highest BCUT2D eigenvalue weighted by Crippen LogP contribution is 2.13. The highest BCUT2D eigenvalue weighted by Gasteiger charge is 2.16. The molecule has 0 saturated carbocycles. The average Bonchev–Trinajstić information content (AvgIpc) is 2.68. The minimum absolute atomic E-state index is 0.00522. The lowest BCUT2D eigenvalue weighted by Gasteiger charge is -2.27. The summed E-state index contributed by atoms with van der Waals surface area (Å²) in [6.45, 7) is 3.87. The van der Waals surface area contributed by atoms with Crippen molar-refractivity contribution in [1.29, 1.82) is 0 Å². The van der Waals surface area contributed by atoms with Crippen molar-refractivity contribution >= 4 is 11.7 Å². The highest BCUT2D eigenvalue weighted by atomic mass is 16.5. The third kappa shape index (κ3) is 4.75. The lowest BCUT2D eigenvalue weighted by molar-refractivity contribution is 0.0340. The number of amides is 1. The summed E-state index contributed by atoms with van der Waals surface area (Å²) in [4.78, 5) is 27.0. The van der Waals surface area contributed by atoms with Crippen molar-refractivity contribution < 1.29 is 14.3 Å². The summed E-state index contributed by atoms with van der Waals surface area (Å²) >= 11 is 0. The molecule has 1 N–H and O–H groups in total. The van der Waals surface area contributed by atoms with Gasteiger partial charge >= 0.3 is 0 Å². The lowest BCUT2D eigenvalue weighted by atomic mass is 10.1. The van der Waals surface area contributed by atoms with Crippen molar-refractivity contribution in [2.75, 3.05) is 32.8 Å². The first-order valence-corrected chi connectivity index (χ1v) is 8.48. The van der Waals surface area contributed by atoms with Gasteiger partial charge in [0.25, 0.3) is 5.91 Å². The predicted molar refractivity (Wildman–Crippen MR) is 95.6 cm³/mol. The van der Waals surface area contributed by atoms with E-state index in [1.807, 2.05) is 36.4 Å². The number of morpholine rings is 1. The molecule has 25 heavy (non-hydrogen) atoms. The number of nitrogens with zero attached hydrogens (tertiary/aromatic N) is 1. The van der Waals surface area contributed by atoms with E-state index in [0.29, 0.717) is 17.7 Å². The molecule has 5 nitrogen and oxygen atoms in total. The van der Waals surface area contributed by atoms with Gasteiger partial charge in [0, 0.05) is 30.8 Å². The van der Waals surface area contributed by atoms with Gasteiger partial charge in [-0.05, 0) is 11.6 Å². The maximum absolute atomic E-state index is 12.5. The van der Waals surface area contributed by atoms with Crippen LogP contribution in [0.25, 0.3) is 0 Å². The van der Waals surface area contributed by atoms with Crippen LogP contribution in [0.15, 0.2) is 54.6 Å².